The first-order valence-electron chi connectivity index (χ1n) is 13.0. The lowest BCUT2D eigenvalue weighted by molar-refractivity contribution is 0.165. The molecule has 0 saturated carbocycles. The number of anilines is 3. The molecular weight excluding hydrogens is 703 g/mol. The van der Waals surface area contributed by atoms with Crippen LogP contribution in [0.15, 0.2) is 90.5 Å². The van der Waals surface area contributed by atoms with E-state index in [0.29, 0.717) is 5.69 Å². The maximum absolute atomic E-state index is 12.7. The number of sulfone groups is 2. The molecule has 0 amide bonds. The van der Waals surface area contributed by atoms with Gasteiger partial charge in [-0.05, 0) is 66.0 Å². The summed E-state index contributed by atoms with van der Waals surface area (Å²) in [5, 5.41) is 17.4. The van der Waals surface area contributed by atoms with Crippen LogP contribution in [-0.4, -0.2) is 72.6 Å². The zero-order valence-corrected chi connectivity index (χ0v) is 27.1. The van der Waals surface area contributed by atoms with E-state index >= 15 is 0 Å². The Hall–Kier alpha value is -4.38. The lowest BCUT2D eigenvalue weighted by atomic mass is 10.1. The Labute approximate surface area is 269 Å². The van der Waals surface area contributed by atoms with E-state index in [1.165, 1.54) is 48.5 Å². The van der Waals surface area contributed by atoms with Gasteiger partial charge in [-0.1, -0.05) is 0 Å². The molecule has 0 atom stereocenters. The fourth-order valence-electron chi connectivity index (χ4n) is 4.23. The molecule has 0 aliphatic rings. The number of ether oxygens (including phenoxy) is 1. The number of phenols is 1. The Kier molecular flexibility index (Phi) is 9.83. The first-order valence-corrected chi connectivity index (χ1v) is 19.1. The summed E-state index contributed by atoms with van der Waals surface area (Å²) in [5.41, 5.74) is 15.6. The van der Waals surface area contributed by atoms with Gasteiger partial charge in [0.05, 0.1) is 57.0 Å². The first-order chi connectivity index (χ1) is 21.7. The van der Waals surface area contributed by atoms with Crippen molar-refractivity contribution in [3.63, 3.8) is 0 Å². The predicted octanol–water partition coefficient (Wildman–Crippen LogP) is 2.46. The fraction of sp³-hybridized carbons (Fsp3) is 0.154. The van der Waals surface area contributed by atoms with Gasteiger partial charge in [0.2, 0.25) is 0 Å². The summed E-state index contributed by atoms with van der Waals surface area (Å²) in [5.74, 6) is -1.78. The van der Waals surface area contributed by atoms with Gasteiger partial charge < -0.3 is 27.0 Å². The molecule has 9 N–H and O–H groups in total. The zero-order valence-electron chi connectivity index (χ0n) is 23.9. The number of aromatic hydroxyl groups is 1. The number of nitrogens with zero attached hydrogens (tertiary/aromatic N) is 2. The average molecular weight is 730 g/mol. The molecule has 47 heavy (non-hydrogen) atoms. The monoisotopic (exact) mass is 729 g/mol. The maximum Gasteiger partial charge on any atom is 0.296 e. The van der Waals surface area contributed by atoms with Crippen LogP contribution in [0.25, 0.3) is 10.8 Å². The summed E-state index contributed by atoms with van der Waals surface area (Å²) in [6.45, 7) is -0.555. The fourth-order valence-corrected chi connectivity index (χ4v) is 7.80. The number of azo groups is 1. The van der Waals surface area contributed by atoms with E-state index in [0.717, 1.165) is 12.1 Å². The number of phenolic OH excluding ortho intramolecular Hbond substituents is 1. The Morgan fingerprint density at radius 2 is 1.11 bits per heavy atom. The number of nitrogen functional groups attached to an aromatic ring is 3. The highest BCUT2D eigenvalue weighted by molar-refractivity contribution is 7.91. The van der Waals surface area contributed by atoms with E-state index in [4.69, 9.17) is 21.9 Å². The van der Waals surface area contributed by atoms with Crippen molar-refractivity contribution in [2.45, 2.75) is 19.6 Å². The minimum Gasteiger partial charge on any atom is -0.505 e. The molecule has 0 saturated heterocycles. The van der Waals surface area contributed by atoms with Gasteiger partial charge in [0.25, 0.3) is 20.2 Å². The van der Waals surface area contributed by atoms with Gasteiger partial charge in [0.1, 0.15) is 21.2 Å². The molecular formula is C26H27N5O12S4. The van der Waals surface area contributed by atoms with Gasteiger partial charge in [-0.15, -0.1) is 5.11 Å². The third kappa shape index (κ3) is 7.96. The molecule has 0 aliphatic heterocycles. The third-order valence-electron chi connectivity index (χ3n) is 6.63. The van der Waals surface area contributed by atoms with Crippen LogP contribution in [0.4, 0.5) is 28.4 Å². The number of benzene rings is 4. The topological polar surface area (TPSA) is 309 Å². The summed E-state index contributed by atoms with van der Waals surface area (Å²) in [6, 6.07) is 11.8. The van der Waals surface area contributed by atoms with E-state index in [2.05, 4.69) is 10.2 Å². The summed E-state index contributed by atoms with van der Waals surface area (Å²) in [7, 11) is -17.6. The number of hydrogen-bond acceptors (Lipinski definition) is 15. The molecule has 0 fully saturated rings. The van der Waals surface area contributed by atoms with E-state index < -0.39 is 78.3 Å². The first kappa shape index (κ1) is 35.5. The predicted molar refractivity (Wildman–Crippen MR) is 170 cm³/mol. The Bertz CT molecular complexity index is 2330. The molecule has 0 bridgehead atoms. The van der Waals surface area contributed by atoms with E-state index in [9.17, 15) is 47.9 Å². The Morgan fingerprint density at radius 1 is 0.638 bits per heavy atom. The summed E-state index contributed by atoms with van der Waals surface area (Å²) in [4.78, 5) is -1.97. The third-order valence-corrected chi connectivity index (χ3v) is 11.8. The van der Waals surface area contributed by atoms with Crippen molar-refractivity contribution >= 4 is 79.1 Å². The largest absolute Gasteiger partial charge is 0.505 e. The molecule has 21 heteroatoms. The molecule has 4 rings (SSSR count). The highest BCUT2D eigenvalue weighted by atomic mass is 32.2. The lowest BCUT2D eigenvalue weighted by Crippen LogP contribution is -2.17. The molecule has 4 aromatic carbocycles. The van der Waals surface area contributed by atoms with E-state index in [1.54, 1.807) is 0 Å². The Morgan fingerprint density at radius 3 is 1.60 bits per heavy atom. The second kappa shape index (κ2) is 13.0. The van der Waals surface area contributed by atoms with E-state index in [1.807, 2.05) is 0 Å². The standard InChI is InChI=1S/C26H27N5O12S4/c27-16-1-5-18(6-2-16)44(33,34)11-9-43-10-12-45(35,36)19-7-3-17(4-8-19)30-31-25-21(47(40,41)42)14-15-13-20(46(37,38)39)23(28)26(32)22(15)24(25)29/h1-8,13-14,32H,9-12,27-29H2,(H,37,38,39)(H,40,41,42). The Balaban J connectivity index is 1.51. The van der Waals surface area contributed by atoms with Gasteiger partial charge in [-0.2, -0.15) is 21.9 Å². The van der Waals surface area contributed by atoms with Crippen LogP contribution in [0.5, 0.6) is 5.75 Å². The highest BCUT2D eigenvalue weighted by Gasteiger charge is 2.27. The minimum atomic E-state index is -5.07. The van der Waals surface area contributed by atoms with Gasteiger partial charge in [-0.3, -0.25) is 9.11 Å². The second-order valence-corrected chi connectivity index (χ2v) is 16.8. The molecule has 0 aromatic heterocycles. The van der Waals surface area contributed by atoms with Crippen LogP contribution >= 0.6 is 0 Å². The molecule has 4 aromatic rings. The normalized spacial score (nSPS) is 13.0. The summed E-state index contributed by atoms with van der Waals surface area (Å²) in [6.07, 6.45) is 0. The van der Waals surface area contributed by atoms with Crippen molar-refractivity contribution in [1.29, 1.82) is 0 Å². The van der Waals surface area contributed by atoms with Crippen LogP contribution in [0, 0.1) is 0 Å². The summed E-state index contributed by atoms with van der Waals surface area (Å²) >= 11 is 0. The molecule has 0 spiro atoms. The number of nitrogens with two attached hydrogens (primary N) is 3. The summed E-state index contributed by atoms with van der Waals surface area (Å²) < 4.78 is 122. The van der Waals surface area contributed by atoms with Crippen molar-refractivity contribution in [3.8, 4) is 5.75 Å². The molecule has 0 radical (unpaired) electrons. The quantitative estimate of drug-likeness (QED) is 0.0401. The number of fused-ring (bicyclic) bond motifs is 1. The molecule has 17 nitrogen and oxygen atoms in total. The number of hydrogen-bond donors (Lipinski definition) is 6. The maximum atomic E-state index is 12.7. The molecule has 0 unspecified atom stereocenters. The number of rotatable bonds is 12. The van der Waals surface area contributed by atoms with Crippen molar-refractivity contribution in [2.24, 2.45) is 10.2 Å². The van der Waals surface area contributed by atoms with Crippen molar-refractivity contribution < 1.29 is 52.6 Å². The SMILES string of the molecule is Nc1ccc(S(=O)(=O)CCOCCS(=O)(=O)c2ccc(N=Nc3c(S(=O)(=O)O)cc4cc(S(=O)(=O)O)c(N)c(O)c4c3N)cc2)cc1. The van der Waals surface area contributed by atoms with Crippen LogP contribution in [-0.2, 0) is 44.6 Å². The van der Waals surface area contributed by atoms with Gasteiger partial charge in [0.15, 0.2) is 19.7 Å². The average Bonchev–Trinajstić information content (AvgIpc) is 2.97. The molecule has 0 heterocycles. The highest BCUT2D eigenvalue weighted by Crippen LogP contribution is 2.46. The van der Waals surface area contributed by atoms with Crippen LogP contribution in [0.3, 0.4) is 0 Å². The lowest BCUT2D eigenvalue weighted by Gasteiger charge is -2.14. The van der Waals surface area contributed by atoms with Crippen LogP contribution in [0.1, 0.15) is 0 Å². The zero-order chi connectivity index (χ0) is 34.9. The molecule has 252 valence electrons. The van der Waals surface area contributed by atoms with Crippen molar-refractivity contribution in [2.75, 3.05) is 41.9 Å². The van der Waals surface area contributed by atoms with Gasteiger partial charge in [0, 0.05) is 5.69 Å². The van der Waals surface area contributed by atoms with E-state index in [-0.39, 0.29) is 45.2 Å². The minimum absolute atomic E-state index is 0.000632. The smallest absolute Gasteiger partial charge is 0.296 e. The van der Waals surface area contributed by atoms with Crippen LogP contribution < -0.4 is 17.2 Å². The van der Waals surface area contributed by atoms with Gasteiger partial charge in [-0.25, -0.2) is 16.8 Å². The van der Waals surface area contributed by atoms with Crippen LogP contribution in [0.2, 0.25) is 0 Å². The molecule has 0 aliphatic carbocycles. The van der Waals surface area contributed by atoms with Gasteiger partial charge >= 0.3 is 0 Å². The second-order valence-electron chi connectivity index (χ2n) is 9.84. The van der Waals surface area contributed by atoms with Crippen molar-refractivity contribution in [1.82, 2.24) is 0 Å². The van der Waals surface area contributed by atoms with Crippen molar-refractivity contribution in [3.05, 3.63) is 60.7 Å².